The van der Waals surface area contributed by atoms with Gasteiger partial charge in [-0.25, -0.2) is 4.79 Å². The van der Waals surface area contributed by atoms with Crippen LogP contribution in [0.25, 0.3) is 0 Å². The van der Waals surface area contributed by atoms with Crippen molar-refractivity contribution in [2.45, 2.75) is 45.7 Å². The van der Waals surface area contributed by atoms with Crippen LogP contribution in [0.15, 0.2) is 0 Å². The lowest BCUT2D eigenvalue weighted by Gasteiger charge is -2.22. The Morgan fingerprint density at radius 3 is 2.09 bits per heavy atom. The Kier molecular flexibility index (Phi) is 8.58. The van der Waals surface area contributed by atoms with Gasteiger partial charge in [-0.05, 0) is 18.8 Å². The highest BCUT2D eigenvalue weighted by Gasteiger charge is 2.25. The highest BCUT2D eigenvalue weighted by molar-refractivity contribution is 5.91. The maximum atomic E-state index is 12.1. The molecule has 0 aromatic carbocycles. The first-order chi connectivity index (χ1) is 10.1. The Balaban J connectivity index is 4.73. The molecule has 0 unspecified atom stereocenters. The fourth-order valence-electron chi connectivity index (χ4n) is 1.83. The smallest absolute Gasteiger partial charge is 0.404 e. The third-order valence-corrected chi connectivity index (χ3v) is 2.77. The maximum Gasteiger partial charge on any atom is 0.404 e. The maximum absolute atomic E-state index is 12.1. The van der Waals surface area contributed by atoms with E-state index in [0.717, 1.165) is 0 Å². The van der Waals surface area contributed by atoms with Gasteiger partial charge in [0.1, 0.15) is 12.1 Å². The monoisotopic (exact) mass is 316 g/mol. The third kappa shape index (κ3) is 8.77. The van der Waals surface area contributed by atoms with Crippen LogP contribution < -0.4 is 21.7 Å². The van der Waals surface area contributed by atoms with Gasteiger partial charge < -0.3 is 26.8 Å². The lowest BCUT2D eigenvalue weighted by molar-refractivity contribution is -0.131. The van der Waals surface area contributed by atoms with E-state index in [2.05, 4.69) is 16.0 Å². The van der Waals surface area contributed by atoms with Crippen LogP contribution in [0, 0.1) is 5.92 Å². The normalized spacial score (nSPS) is 13.1. The van der Waals surface area contributed by atoms with Crippen molar-refractivity contribution in [1.29, 1.82) is 0 Å². The molecule has 4 amide bonds. The molecular weight excluding hydrogens is 292 g/mol. The molecule has 0 radical (unpaired) electrons. The zero-order valence-electron chi connectivity index (χ0n) is 13.0. The summed E-state index contributed by atoms with van der Waals surface area (Å²) >= 11 is 0. The van der Waals surface area contributed by atoms with Crippen LogP contribution in [0.4, 0.5) is 4.79 Å². The van der Waals surface area contributed by atoms with Crippen LogP contribution >= 0.6 is 0 Å². The van der Waals surface area contributed by atoms with Gasteiger partial charge in [-0.3, -0.25) is 14.4 Å². The highest BCUT2D eigenvalue weighted by Crippen LogP contribution is 2.05. The first-order valence-corrected chi connectivity index (χ1v) is 6.97. The van der Waals surface area contributed by atoms with E-state index in [9.17, 15) is 19.2 Å². The van der Waals surface area contributed by atoms with Gasteiger partial charge in [0.2, 0.25) is 17.7 Å². The van der Waals surface area contributed by atoms with Crippen molar-refractivity contribution in [3.8, 4) is 0 Å². The summed E-state index contributed by atoms with van der Waals surface area (Å²) < 4.78 is 0. The summed E-state index contributed by atoms with van der Waals surface area (Å²) in [4.78, 5) is 45.0. The van der Waals surface area contributed by atoms with Crippen LogP contribution in [-0.4, -0.2) is 47.5 Å². The van der Waals surface area contributed by atoms with Crippen LogP contribution in [0.1, 0.15) is 33.6 Å². The topological polar surface area (TPSA) is 151 Å². The highest BCUT2D eigenvalue weighted by atomic mass is 16.4. The number of rotatable bonds is 9. The lowest BCUT2D eigenvalue weighted by atomic mass is 10.0. The summed E-state index contributed by atoms with van der Waals surface area (Å²) in [7, 11) is 0. The fraction of sp³-hybridized carbons (Fsp3) is 0.692. The molecule has 22 heavy (non-hydrogen) atoms. The standard InChI is InChI=1S/C13H24N4O5/c1-7(2)6-10(11(14)19)17-12(20)9(16-8(3)18)4-5-15-13(21)22/h7,9-10,15H,4-6H2,1-3H3,(H2,14,19)(H,16,18)(H,17,20)(H,21,22)/t9-,10-/m0/s1. The molecule has 126 valence electrons. The van der Waals surface area contributed by atoms with Gasteiger partial charge in [0.25, 0.3) is 0 Å². The first kappa shape index (κ1) is 19.7. The van der Waals surface area contributed by atoms with Crippen molar-refractivity contribution in [3.63, 3.8) is 0 Å². The Labute approximate surface area is 129 Å². The van der Waals surface area contributed by atoms with Crippen LogP contribution in [0.5, 0.6) is 0 Å². The predicted octanol–water partition coefficient (Wildman–Crippen LogP) is -0.835. The third-order valence-electron chi connectivity index (χ3n) is 2.77. The average Bonchev–Trinajstić information content (AvgIpc) is 2.35. The Bertz CT molecular complexity index is 425. The van der Waals surface area contributed by atoms with E-state index in [0.29, 0.717) is 6.42 Å². The van der Waals surface area contributed by atoms with Gasteiger partial charge in [0, 0.05) is 13.5 Å². The van der Waals surface area contributed by atoms with E-state index in [1.165, 1.54) is 6.92 Å². The minimum absolute atomic E-state index is 0.0148. The summed E-state index contributed by atoms with van der Waals surface area (Å²) in [5, 5.41) is 15.5. The minimum atomic E-state index is -1.23. The van der Waals surface area contributed by atoms with Gasteiger partial charge in [0.05, 0.1) is 0 Å². The van der Waals surface area contributed by atoms with E-state index >= 15 is 0 Å². The number of carbonyl (C=O) groups excluding carboxylic acids is 3. The molecule has 0 aliphatic heterocycles. The van der Waals surface area contributed by atoms with Gasteiger partial charge in [-0.15, -0.1) is 0 Å². The van der Waals surface area contributed by atoms with Crippen molar-refractivity contribution < 1.29 is 24.3 Å². The van der Waals surface area contributed by atoms with Crippen molar-refractivity contribution in [2.75, 3.05) is 6.54 Å². The second-order valence-corrected chi connectivity index (χ2v) is 5.37. The number of carbonyl (C=O) groups is 4. The Morgan fingerprint density at radius 2 is 1.68 bits per heavy atom. The van der Waals surface area contributed by atoms with Crippen molar-refractivity contribution in [1.82, 2.24) is 16.0 Å². The number of carboxylic acid groups (broad SMARTS) is 1. The Hall–Kier alpha value is -2.32. The molecule has 6 N–H and O–H groups in total. The number of hydrogen-bond acceptors (Lipinski definition) is 4. The van der Waals surface area contributed by atoms with E-state index in [-0.39, 0.29) is 18.9 Å². The molecule has 0 rings (SSSR count). The molecule has 0 saturated carbocycles. The summed E-state index contributed by atoms with van der Waals surface area (Å²) in [5.74, 6) is -1.53. The molecule has 0 aliphatic rings. The molecule has 9 nitrogen and oxygen atoms in total. The van der Waals surface area contributed by atoms with Crippen molar-refractivity contribution in [3.05, 3.63) is 0 Å². The number of amides is 4. The van der Waals surface area contributed by atoms with Crippen LogP contribution in [0.2, 0.25) is 0 Å². The molecule has 0 aromatic rings. The summed E-state index contributed by atoms with van der Waals surface area (Å²) in [6.07, 6.45) is -0.789. The molecule has 0 fully saturated rings. The summed E-state index contributed by atoms with van der Waals surface area (Å²) in [5.41, 5.74) is 5.24. The average molecular weight is 316 g/mol. The molecule has 0 aromatic heterocycles. The van der Waals surface area contributed by atoms with Crippen molar-refractivity contribution in [2.24, 2.45) is 11.7 Å². The SMILES string of the molecule is CC(=O)N[C@@H](CCNC(=O)O)C(=O)N[C@@H](CC(C)C)C(N)=O. The van der Waals surface area contributed by atoms with Gasteiger partial charge in [-0.1, -0.05) is 13.8 Å². The van der Waals surface area contributed by atoms with Crippen molar-refractivity contribution >= 4 is 23.8 Å². The van der Waals surface area contributed by atoms with Crippen LogP contribution in [-0.2, 0) is 14.4 Å². The van der Waals surface area contributed by atoms with E-state index in [4.69, 9.17) is 10.8 Å². The molecule has 0 bridgehead atoms. The number of nitrogens with two attached hydrogens (primary N) is 1. The quantitative estimate of drug-likeness (QED) is 0.376. The van der Waals surface area contributed by atoms with E-state index in [1.54, 1.807) is 0 Å². The second kappa shape index (κ2) is 9.59. The first-order valence-electron chi connectivity index (χ1n) is 6.97. The summed E-state index contributed by atoms with van der Waals surface area (Å²) in [6.45, 7) is 4.98. The molecule has 2 atom stereocenters. The molecule has 0 heterocycles. The molecular formula is C13H24N4O5. The predicted molar refractivity (Wildman–Crippen MR) is 78.8 cm³/mol. The lowest BCUT2D eigenvalue weighted by Crippen LogP contribution is -2.53. The number of hydrogen-bond donors (Lipinski definition) is 5. The van der Waals surface area contributed by atoms with E-state index < -0.39 is 35.9 Å². The number of primary amides is 1. The molecule has 0 saturated heterocycles. The van der Waals surface area contributed by atoms with Gasteiger partial charge >= 0.3 is 6.09 Å². The van der Waals surface area contributed by atoms with Gasteiger partial charge in [0.15, 0.2) is 0 Å². The molecule has 0 spiro atoms. The fourth-order valence-corrected chi connectivity index (χ4v) is 1.83. The molecule has 0 aliphatic carbocycles. The van der Waals surface area contributed by atoms with Crippen LogP contribution in [0.3, 0.4) is 0 Å². The minimum Gasteiger partial charge on any atom is -0.465 e. The molecule has 9 heteroatoms. The zero-order chi connectivity index (χ0) is 17.3. The largest absolute Gasteiger partial charge is 0.465 e. The summed E-state index contributed by atoms with van der Waals surface area (Å²) in [6, 6.07) is -1.78. The number of nitrogens with one attached hydrogen (secondary N) is 3. The van der Waals surface area contributed by atoms with E-state index in [1.807, 2.05) is 13.8 Å². The second-order valence-electron chi connectivity index (χ2n) is 5.37. The Morgan fingerprint density at radius 1 is 1.09 bits per heavy atom. The zero-order valence-corrected chi connectivity index (χ0v) is 13.0. The van der Waals surface area contributed by atoms with Gasteiger partial charge in [-0.2, -0.15) is 0 Å².